The molecule has 2 nitrogen and oxygen atoms in total. The van der Waals surface area contributed by atoms with Gasteiger partial charge in [0.1, 0.15) is 5.82 Å². The van der Waals surface area contributed by atoms with Crippen LogP contribution in [0.4, 0.5) is 10.1 Å². The van der Waals surface area contributed by atoms with Gasteiger partial charge in [-0.3, -0.25) is 4.79 Å². The summed E-state index contributed by atoms with van der Waals surface area (Å²) in [7, 11) is 0. The molecule has 0 unspecified atom stereocenters. The van der Waals surface area contributed by atoms with Crippen molar-refractivity contribution < 1.29 is 9.18 Å². The Bertz CT molecular complexity index is 459. The van der Waals surface area contributed by atoms with E-state index in [-0.39, 0.29) is 11.7 Å². The van der Waals surface area contributed by atoms with Crippen molar-refractivity contribution in [1.29, 1.82) is 0 Å². The molecule has 0 aliphatic carbocycles. The summed E-state index contributed by atoms with van der Waals surface area (Å²) in [6.45, 7) is 3.99. The van der Waals surface area contributed by atoms with Crippen molar-refractivity contribution in [1.82, 2.24) is 0 Å². The lowest BCUT2D eigenvalue weighted by Gasteiger charge is -2.29. The number of benzene rings is 1. The van der Waals surface area contributed by atoms with Crippen LogP contribution in [0.3, 0.4) is 0 Å². The van der Waals surface area contributed by atoms with Crippen molar-refractivity contribution in [3.05, 3.63) is 41.2 Å². The fourth-order valence-corrected chi connectivity index (χ4v) is 2.25. The monoisotopic (exact) mass is 239 g/mol. The topological polar surface area (TPSA) is 20.3 Å². The van der Waals surface area contributed by atoms with Gasteiger partial charge in [-0.1, -0.05) is 18.2 Å². The van der Waals surface area contributed by atoms with Gasteiger partial charge in [0.05, 0.1) is 10.7 Å². The minimum atomic E-state index is -0.305. The van der Waals surface area contributed by atoms with E-state index in [9.17, 15) is 9.18 Å². The van der Waals surface area contributed by atoms with Crippen LogP contribution in [0.15, 0.2) is 24.8 Å². The molecule has 1 aliphatic rings. The molecule has 0 N–H and O–H groups in total. The van der Waals surface area contributed by atoms with Crippen molar-refractivity contribution in [2.75, 3.05) is 11.4 Å². The van der Waals surface area contributed by atoms with Crippen LogP contribution in [0.1, 0.15) is 12.0 Å². The van der Waals surface area contributed by atoms with Gasteiger partial charge in [0.2, 0.25) is 5.91 Å². The molecular weight excluding hydrogens is 229 g/mol. The number of rotatable bonds is 1. The maximum Gasteiger partial charge on any atom is 0.250 e. The Balaban J connectivity index is 2.57. The summed E-state index contributed by atoms with van der Waals surface area (Å²) >= 11 is 6.02. The number of fused-ring (bicyclic) bond motifs is 1. The summed E-state index contributed by atoms with van der Waals surface area (Å²) < 4.78 is 13.6. The van der Waals surface area contributed by atoms with Crippen LogP contribution in [-0.2, 0) is 11.2 Å². The van der Waals surface area contributed by atoms with Crippen LogP contribution in [0.25, 0.3) is 0 Å². The number of hydrogen-bond donors (Lipinski definition) is 0. The molecule has 16 heavy (non-hydrogen) atoms. The first kappa shape index (κ1) is 11.1. The number of hydrogen-bond acceptors (Lipinski definition) is 1. The Morgan fingerprint density at radius 2 is 2.31 bits per heavy atom. The fraction of sp³-hybridized carbons (Fsp3) is 0.250. The van der Waals surface area contributed by atoms with Crippen molar-refractivity contribution in [2.24, 2.45) is 0 Å². The van der Waals surface area contributed by atoms with Crippen LogP contribution in [0.5, 0.6) is 0 Å². The zero-order valence-electron chi connectivity index (χ0n) is 8.67. The quantitative estimate of drug-likeness (QED) is 0.690. The van der Waals surface area contributed by atoms with E-state index in [4.69, 9.17) is 11.6 Å². The molecule has 0 atom stereocenters. The molecule has 0 saturated carbocycles. The predicted octanol–water partition coefficient (Wildman–Crippen LogP) is 2.94. The van der Waals surface area contributed by atoms with Gasteiger partial charge in [0.15, 0.2) is 0 Å². The molecule has 1 aliphatic heterocycles. The fourth-order valence-electron chi connectivity index (χ4n) is 1.97. The third-order valence-electron chi connectivity index (χ3n) is 2.70. The Morgan fingerprint density at radius 3 is 3.00 bits per heavy atom. The van der Waals surface area contributed by atoms with Crippen LogP contribution >= 0.6 is 11.6 Å². The van der Waals surface area contributed by atoms with Crippen LogP contribution < -0.4 is 4.90 Å². The average Bonchev–Trinajstić information content (AvgIpc) is 2.32. The van der Waals surface area contributed by atoms with E-state index in [2.05, 4.69) is 6.58 Å². The highest BCUT2D eigenvalue weighted by Crippen LogP contribution is 2.35. The maximum absolute atomic E-state index is 13.6. The Labute approximate surface area is 98.3 Å². The molecule has 1 amide bonds. The van der Waals surface area contributed by atoms with E-state index < -0.39 is 0 Å². The van der Waals surface area contributed by atoms with Gasteiger partial charge in [-0.25, -0.2) is 4.39 Å². The number of amides is 1. The summed E-state index contributed by atoms with van der Waals surface area (Å²) in [6, 6.07) is 2.81. The predicted molar refractivity (Wildman–Crippen MR) is 62.3 cm³/mol. The Morgan fingerprint density at radius 1 is 1.56 bits per heavy atom. The van der Waals surface area contributed by atoms with Gasteiger partial charge >= 0.3 is 0 Å². The number of halogens is 2. The summed E-state index contributed by atoms with van der Waals surface area (Å²) in [5.74, 6) is -0.547. The Kier molecular flexibility index (Phi) is 2.97. The molecule has 0 fully saturated rings. The molecule has 0 spiro atoms. The van der Waals surface area contributed by atoms with Crippen molar-refractivity contribution in [3.8, 4) is 0 Å². The van der Waals surface area contributed by atoms with E-state index in [1.165, 1.54) is 23.1 Å². The van der Waals surface area contributed by atoms with Gasteiger partial charge in [-0.05, 0) is 31.1 Å². The van der Waals surface area contributed by atoms with Crippen LogP contribution in [0.2, 0.25) is 5.02 Å². The maximum atomic E-state index is 13.6. The minimum absolute atomic E-state index is 0.242. The molecule has 1 aromatic carbocycles. The van der Waals surface area contributed by atoms with E-state index in [0.717, 1.165) is 6.42 Å². The molecular formula is C12H11ClFNO. The number of carbonyl (C=O) groups excluding carboxylic acids is 1. The smallest absolute Gasteiger partial charge is 0.250 e. The van der Waals surface area contributed by atoms with E-state index in [1.807, 2.05) is 0 Å². The van der Waals surface area contributed by atoms with Gasteiger partial charge in [0, 0.05) is 12.1 Å². The van der Waals surface area contributed by atoms with Gasteiger partial charge in [-0.2, -0.15) is 0 Å². The first-order valence-electron chi connectivity index (χ1n) is 5.06. The van der Waals surface area contributed by atoms with Gasteiger partial charge in [0.25, 0.3) is 0 Å². The Hall–Kier alpha value is -1.35. The molecule has 0 bridgehead atoms. The largest absolute Gasteiger partial charge is 0.307 e. The molecule has 1 heterocycles. The van der Waals surface area contributed by atoms with Gasteiger partial charge < -0.3 is 4.90 Å². The molecule has 2 rings (SSSR count). The summed E-state index contributed by atoms with van der Waals surface area (Å²) in [5.41, 5.74) is 1.02. The zero-order valence-corrected chi connectivity index (χ0v) is 9.43. The SMILES string of the molecule is C=CC(=O)N1CCCc2c(F)ccc(Cl)c21. The second kappa shape index (κ2) is 4.26. The van der Waals surface area contributed by atoms with E-state index in [0.29, 0.717) is 29.2 Å². The molecule has 4 heteroatoms. The number of carbonyl (C=O) groups is 1. The minimum Gasteiger partial charge on any atom is -0.307 e. The zero-order chi connectivity index (χ0) is 11.7. The molecule has 0 radical (unpaired) electrons. The third-order valence-corrected chi connectivity index (χ3v) is 3.00. The average molecular weight is 240 g/mol. The standard InChI is InChI=1S/C12H11ClFNO/c1-2-11(16)15-7-3-4-8-10(14)6-5-9(13)12(8)15/h2,5-6H,1,3-4,7H2. The summed E-state index contributed by atoms with van der Waals surface area (Å²) in [6.07, 6.45) is 2.57. The van der Waals surface area contributed by atoms with Gasteiger partial charge in [-0.15, -0.1) is 0 Å². The van der Waals surface area contributed by atoms with Crippen LogP contribution in [-0.4, -0.2) is 12.5 Å². The highest BCUT2D eigenvalue weighted by molar-refractivity contribution is 6.34. The number of nitrogens with zero attached hydrogens (tertiary/aromatic N) is 1. The highest BCUT2D eigenvalue weighted by Gasteiger charge is 2.25. The molecule has 0 saturated heterocycles. The van der Waals surface area contributed by atoms with Crippen molar-refractivity contribution >= 4 is 23.2 Å². The summed E-state index contributed by atoms with van der Waals surface area (Å²) in [4.78, 5) is 13.1. The first-order chi connectivity index (χ1) is 7.65. The molecule has 0 aromatic heterocycles. The first-order valence-corrected chi connectivity index (χ1v) is 5.43. The lowest BCUT2D eigenvalue weighted by Crippen LogP contribution is -2.34. The second-order valence-electron chi connectivity index (χ2n) is 3.65. The van der Waals surface area contributed by atoms with E-state index >= 15 is 0 Å². The normalized spacial score (nSPS) is 14.5. The summed E-state index contributed by atoms with van der Waals surface area (Å²) in [5, 5.41) is 0.409. The van der Waals surface area contributed by atoms with E-state index in [1.54, 1.807) is 0 Å². The highest BCUT2D eigenvalue weighted by atomic mass is 35.5. The van der Waals surface area contributed by atoms with Crippen LogP contribution in [0, 0.1) is 5.82 Å². The lowest BCUT2D eigenvalue weighted by atomic mass is 10.0. The molecule has 84 valence electrons. The van der Waals surface area contributed by atoms with Crippen molar-refractivity contribution in [2.45, 2.75) is 12.8 Å². The molecule has 1 aromatic rings. The third kappa shape index (κ3) is 1.71. The van der Waals surface area contributed by atoms with Crippen molar-refractivity contribution in [3.63, 3.8) is 0 Å². The number of anilines is 1. The lowest BCUT2D eigenvalue weighted by molar-refractivity contribution is -0.114. The second-order valence-corrected chi connectivity index (χ2v) is 4.06.